The van der Waals surface area contributed by atoms with E-state index >= 15 is 0 Å². The van der Waals surface area contributed by atoms with Crippen LogP contribution < -0.4 is 9.64 Å². The minimum absolute atomic E-state index is 0.0162. The Labute approximate surface area is 216 Å². The van der Waals surface area contributed by atoms with Gasteiger partial charge in [0.1, 0.15) is 18.1 Å². The first-order chi connectivity index (χ1) is 17.4. The van der Waals surface area contributed by atoms with E-state index in [0.29, 0.717) is 33.6 Å². The minimum Gasteiger partial charge on any atom is -0.507 e. The molecule has 1 aromatic heterocycles. The number of nitrogens with zero attached hydrogens (tertiary/aromatic N) is 2. The van der Waals surface area contributed by atoms with Crippen LogP contribution in [0.3, 0.4) is 0 Å². The van der Waals surface area contributed by atoms with Crippen molar-refractivity contribution in [2.75, 3.05) is 11.5 Å². The maximum atomic E-state index is 13.4. The lowest BCUT2D eigenvalue weighted by atomic mass is 9.95. The number of aliphatic hydroxyl groups is 1. The summed E-state index contributed by atoms with van der Waals surface area (Å²) in [7, 11) is 0. The Kier molecular flexibility index (Phi) is 6.35. The lowest BCUT2D eigenvalue weighted by Crippen LogP contribution is -2.29. The first-order valence-corrected chi connectivity index (χ1v) is 12.3. The molecule has 4 aromatic rings. The number of benzene rings is 3. The van der Waals surface area contributed by atoms with Crippen molar-refractivity contribution in [2.45, 2.75) is 13.0 Å². The van der Waals surface area contributed by atoms with Crippen molar-refractivity contribution in [2.24, 2.45) is 0 Å². The molecule has 2 heterocycles. The van der Waals surface area contributed by atoms with Gasteiger partial charge in [0.25, 0.3) is 5.78 Å². The van der Waals surface area contributed by atoms with Crippen LogP contribution in [0.4, 0.5) is 5.13 Å². The second-order valence-electron chi connectivity index (χ2n) is 8.31. The number of rotatable bonds is 6. The van der Waals surface area contributed by atoms with Gasteiger partial charge in [-0.05, 0) is 66.6 Å². The summed E-state index contributed by atoms with van der Waals surface area (Å²) < 4.78 is 6.48. The molecular formula is C28H21ClN2O4S. The molecule has 1 atom stereocenters. The minimum atomic E-state index is -0.879. The number of aromatic nitrogens is 1. The maximum absolute atomic E-state index is 13.4. The molecule has 0 radical (unpaired) electrons. The van der Waals surface area contributed by atoms with Crippen molar-refractivity contribution in [3.05, 3.63) is 107 Å². The number of aliphatic hydroxyl groups excluding tert-OH is 1. The number of amides is 1. The van der Waals surface area contributed by atoms with Gasteiger partial charge in [-0.2, -0.15) is 0 Å². The largest absolute Gasteiger partial charge is 0.507 e. The third-order valence-corrected chi connectivity index (χ3v) is 7.13. The number of fused-ring (bicyclic) bond motifs is 1. The number of ketones is 1. The van der Waals surface area contributed by atoms with E-state index in [-0.39, 0.29) is 11.3 Å². The van der Waals surface area contributed by atoms with Crippen LogP contribution in [0.25, 0.3) is 16.0 Å². The molecule has 1 fully saturated rings. The predicted molar refractivity (Wildman–Crippen MR) is 143 cm³/mol. The topological polar surface area (TPSA) is 79.7 Å². The van der Waals surface area contributed by atoms with Crippen molar-refractivity contribution in [1.29, 1.82) is 0 Å². The Balaban J connectivity index is 1.68. The highest BCUT2D eigenvalue weighted by Crippen LogP contribution is 2.44. The average molecular weight is 517 g/mol. The predicted octanol–water partition coefficient (Wildman–Crippen LogP) is 6.45. The van der Waals surface area contributed by atoms with Gasteiger partial charge in [-0.25, -0.2) is 4.98 Å². The molecule has 0 spiro atoms. The molecule has 0 saturated carbocycles. The Morgan fingerprint density at radius 2 is 1.86 bits per heavy atom. The highest BCUT2D eigenvalue weighted by atomic mass is 35.5. The molecule has 36 heavy (non-hydrogen) atoms. The van der Waals surface area contributed by atoms with Gasteiger partial charge < -0.3 is 9.84 Å². The second-order valence-corrected chi connectivity index (χ2v) is 9.76. The van der Waals surface area contributed by atoms with Crippen LogP contribution >= 0.6 is 22.9 Å². The Morgan fingerprint density at radius 1 is 1.14 bits per heavy atom. The number of aryl methyl sites for hydroxylation is 1. The van der Waals surface area contributed by atoms with Crippen LogP contribution in [0, 0.1) is 6.92 Å². The third-order valence-electron chi connectivity index (χ3n) is 5.86. The third kappa shape index (κ3) is 4.27. The van der Waals surface area contributed by atoms with Gasteiger partial charge in [-0.1, -0.05) is 53.8 Å². The molecule has 1 unspecified atom stereocenters. The lowest BCUT2D eigenvalue weighted by Gasteiger charge is -2.23. The van der Waals surface area contributed by atoms with Crippen LogP contribution in [0.15, 0.2) is 85.0 Å². The van der Waals surface area contributed by atoms with Crippen molar-refractivity contribution < 1.29 is 19.4 Å². The second kappa shape index (κ2) is 9.60. The number of halogens is 1. The molecule has 1 N–H and O–H groups in total. The van der Waals surface area contributed by atoms with Crippen LogP contribution in [0.5, 0.6) is 5.75 Å². The van der Waals surface area contributed by atoms with E-state index in [0.717, 1.165) is 15.8 Å². The quantitative estimate of drug-likeness (QED) is 0.138. The van der Waals surface area contributed by atoms with Crippen molar-refractivity contribution in [3.8, 4) is 5.75 Å². The van der Waals surface area contributed by atoms with Gasteiger partial charge in [0, 0.05) is 10.6 Å². The molecule has 1 aliphatic rings. The fourth-order valence-electron chi connectivity index (χ4n) is 4.13. The number of carbonyl (C=O) groups excluding carboxylic acids is 2. The summed E-state index contributed by atoms with van der Waals surface area (Å²) >= 11 is 7.33. The van der Waals surface area contributed by atoms with Crippen molar-refractivity contribution >= 4 is 55.7 Å². The molecule has 5 rings (SSSR count). The van der Waals surface area contributed by atoms with Gasteiger partial charge >= 0.3 is 5.91 Å². The Morgan fingerprint density at radius 3 is 2.56 bits per heavy atom. The molecule has 1 amide bonds. The maximum Gasteiger partial charge on any atom is 0.301 e. The van der Waals surface area contributed by atoms with Gasteiger partial charge in [-0.15, -0.1) is 0 Å². The molecule has 0 bridgehead atoms. The Hall–Kier alpha value is -3.94. The summed E-state index contributed by atoms with van der Waals surface area (Å²) in [6.45, 7) is 5.97. The number of ether oxygens (including phenoxy) is 1. The van der Waals surface area contributed by atoms with Crippen LogP contribution in [0.2, 0.25) is 5.02 Å². The SMILES string of the molecule is C=CCOc1ccc(C2C(=C(O)c3ccc(Cl)cc3)C(=O)C(=O)N2c2nc3ccc(C)cc3s2)cc1. The molecule has 3 aromatic carbocycles. The summed E-state index contributed by atoms with van der Waals surface area (Å²) in [5, 5.41) is 12.1. The number of Topliss-reactive ketones (excluding diaryl/α,β-unsaturated/α-hetero) is 1. The number of anilines is 1. The zero-order chi connectivity index (χ0) is 25.4. The summed E-state index contributed by atoms with van der Waals surface area (Å²) in [6, 6.07) is 18.4. The van der Waals surface area contributed by atoms with E-state index in [9.17, 15) is 14.7 Å². The zero-order valence-electron chi connectivity index (χ0n) is 19.3. The van der Waals surface area contributed by atoms with E-state index in [1.54, 1.807) is 54.6 Å². The zero-order valence-corrected chi connectivity index (χ0v) is 20.8. The molecule has 1 aliphatic heterocycles. The molecule has 6 nitrogen and oxygen atoms in total. The van der Waals surface area contributed by atoms with E-state index in [1.165, 1.54) is 16.2 Å². The van der Waals surface area contributed by atoms with Crippen LogP contribution in [-0.4, -0.2) is 28.4 Å². The number of hydrogen-bond donors (Lipinski definition) is 1. The molecule has 1 saturated heterocycles. The standard InChI is InChI=1S/C28H21ClN2O4S/c1-3-14-35-20-11-7-17(8-12-20)24-23(25(32)18-5-9-19(29)10-6-18)26(33)27(34)31(24)28-30-21-13-4-16(2)15-22(21)36-28/h3-13,15,24,32H,1,14H2,2H3. The van der Waals surface area contributed by atoms with Crippen molar-refractivity contribution in [1.82, 2.24) is 4.98 Å². The van der Waals surface area contributed by atoms with E-state index in [4.69, 9.17) is 16.3 Å². The fraction of sp³-hybridized carbons (Fsp3) is 0.107. The highest BCUT2D eigenvalue weighted by molar-refractivity contribution is 7.22. The number of thiazole rings is 1. The number of carbonyl (C=O) groups is 2. The monoisotopic (exact) mass is 516 g/mol. The summed E-state index contributed by atoms with van der Waals surface area (Å²) in [5.41, 5.74) is 2.79. The molecular weight excluding hydrogens is 496 g/mol. The van der Waals surface area contributed by atoms with Crippen LogP contribution in [-0.2, 0) is 9.59 Å². The van der Waals surface area contributed by atoms with Gasteiger partial charge in [0.05, 0.1) is 21.8 Å². The van der Waals surface area contributed by atoms with Gasteiger partial charge in [-0.3, -0.25) is 14.5 Å². The normalized spacial score (nSPS) is 17.1. The van der Waals surface area contributed by atoms with Crippen molar-refractivity contribution in [3.63, 3.8) is 0 Å². The smallest absolute Gasteiger partial charge is 0.301 e. The molecule has 8 heteroatoms. The van der Waals surface area contributed by atoms with Crippen LogP contribution in [0.1, 0.15) is 22.7 Å². The molecule has 0 aliphatic carbocycles. The molecule has 180 valence electrons. The lowest BCUT2D eigenvalue weighted by molar-refractivity contribution is -0.132. The van der Waals surface area contributed by atoms with E-state index < -0.39 is 17.7 Å². The van der Waals surface area contributed by atoms with Gasteiger partial charge in [0.15, 0.2) is 5.13 Å². The first kappa shape index (κ1) is 23.8. The van der Waals surface area contributed by atoms with E-state index in [1.807, 2.05) is 25.1 Å². The van der Waals surface area contributed by atoms with E-state index in [2.05, 4.69) is 11.6 Å². The highest BCUT2D eigenvalue weighted by Gasteiger charge is 2.48. The van der Waals surface area contributed by atoms with Gasteiger partial charge in [0.2, 0.25) is 0 Å². The summed E-state index contributed by atoms with van der Waals surface area (Å²) in [4.78, 5) is 32.7. The summed E-state index contributed by atoms with van der Waals surface area (Å²) in [5.74, 6) is -1.20. The number of hydrogen-bond acceptors (Lipinski definition) is 6. The first-order valence-electron chi connectivity index (χ1n) is 11.1. The fourth-order valence-corrected chi connectivity index (χ4v) is 5.35. The Bertz CT molecular complexity index is 1520. The summed E-state index contributed by atoms with van der Waals surface area (Å²) in [6.07, 6.45) is 1.64. The average Bonchev–Trinajstić information content (AvgIpc) is 3.40.